The van der Waals surface area contributed by atoms with Gasteiger partial charge in [-0.3, -0.25) is 9.59 Å². The van der Waals surface area contributed by atoms with Crippen molar-refractivity contribution in [3.05, 3.63) is 48.0 Å². The van der Waals surface area contributed by atoms with Crippen LogP contribution in [0.5, 0.6) is 0 Å². The number of carbonyl (C=O) groups excluding carboxylic acids is 4. The first-order valence-corrected chi connectivity index (χ1v) is 12.1. The SMILES string of the molecule is CCOC(=O)/C=C/[C@H](CC(C)C)NC(=O)[C@H](CO)NC(=O)[C@@H](NC(=O)OCc1ccccc1)C(C)C. The predicted octanol–water partition coefficient (Wildman–Crippen LogP) is 2.06. The van der Waals surface area contributed by atoms with Crippen LogP contribution < -0.4 is 16.0 Å². The number of nitrogens with one attached hydrogen (secondary N) is 3. The number of aliphatic hydroxyl groups excluding tert-OH is 1. The van der Waals surface area contributed by atoms with E-state index in [9.17, 15) is 24.3 Å². The van der Waals surface area contributed by atoms with E-state index in [2.05, 4.69) is 16.0 Å². The fourth-order valence-corrected chi connectivity index (χ4v) is 3.24. The molecule has 0 aromatic heterocycles. The summed E-state index contributed by atoms with van der Waals surface area (Å²) in [7, 11) is 0. The molecule has 200 valence electrons. The number of esters is 1. The summed E-state index contributed by atoms with van der Waals surface area (Å²) in [5, 5.41) is 17.5. The molecule has 0 saturated heterocycles. The summed E-state index contributed by atoms with van der Waals surface area (Å²) < 4.78 is 10.1. The minimum absolute atomic E-state index is 0.0390. The van der Waals surface area contributed by atoms with Gasteiger partial charge in [0.15, 0.2) is 0 Å². The second kappa shape index (κ2) is 16.3. The standard InChI is InChI=1S/C26H39N3O7/c1-6-35-22(31)13-12-20(14-17(2)3)27-24(32)21(15-30)28-25(33)23(18(4)5)29-26(34)36-16-19-10-8-7-9-11-19/h7-13,17-18,20-21,23,30H,6,14-16H2,1-5H3,(H,27,32)(H,28,33)(H,29,34)/b13-12+/t20-,21+,23+/m1/s1. The van der Waals surface area contributed by atoms with Gasteiger partial charge in [-0.2, -0.15) is 0 Å². The van der Waals surface area contributed by atoms with Crippen LogP contribution >= 0.6 is 0 Å². The molecule has 4 N–H and O–H groups in total. The van der Waals surface area contributed by atoms with Crippen molar-refractivity contribution in [1.29, 1.82) is 0 Å². The van der Waals surface area contributed by atoms with Crippen LogP contribution in [0.2, 0.25) is 0 Å². The first-order chi connectivity index (χ1) is 17.1. The number of hydrogen-bond acceptors (Lipinski definition) is 7. The largest absolute Gasteiger partial charge is 0.463 e. The van der Waals surface area contributed by atoms with Gasteiger partial charge in [0.1, 0.15) is 18.7 Å². The fraction of sp³-hybridized carbons (Fsp3) is 0.538. The van der Waals surface area contributed by atoms with E-state index in [1.54, 1.807) is 32.9 Å². The van der Waals surface area contributed by atoms with Gasteiger partial charge < -0.3 is 30.5 Å². The molecule has 0 heterocycles. The molecular weight excluding hydrogens is 466 g/mol. The van der Waals surface area contributed by atoms with E-state index in [1.165, 1.54) is 12.2 Å². The van der Waals surface area contributed by atoms with Crippen LogP contribution in [0.15, 0.2) is 42.5 Å². The van der Waals surface area contributed by atoms with E-state index >= 15 is 0 Å². The van der Waals surface area contributed by atoms with Crippen molar-refractivity contribution in [3.63, 3.8) is 0 Å². The molecule has 3 atom stereocenters. The van der Waals surface area contributed by atoms with Gasteiger partial charge in [-0.05, 0) is 30.7 Å². The van der Waals surface area contributed by atoms with Gasteiger partial charge >= 0.3 is 12.1 Å². The molecule has 10 nitrogen and oxygen atoms in total. The van der Waals surface area contributed by atoms with Gasteiger partial charge in [0.05, 0.1) is 13.2 Å². The summed E-state index contributed by atoms with van der Waals surface area (Å²) in [4.78, 5) is 49.6. The van der Waals surface area contributed by atoms with Crippen molar-refractivity contribution in [1.82, 2.24) is 16.0 Å². The van der Waals surface area contributed by atoms with Crippen LogP contribution in [0, 0.1) is 11.8 Å². The maximum atomic E-state index is 12.9. The minimum Gasteiger partial charge on any atom is -0.463 e. The monoisotopic (exact) mass is 505 g/mol. The van der Waals surface area contributed by atoms with E-state index in [1.807, 2.05) is 32.0 Å². The van der Waals surface area contributed by atoms with Crippen LogP contribution in [-0.2, 0) is 30.5 Å². The second-order valence-corrected chi connectivity index (χ2v) is 9.03. The summed E-state index contributed by atoms with van der Waals surface area (Å²) >= 11 is 0. The van der Waals surface area contributed by atoms with Gasteiger partial charge in [-0.1, -0.05) is 64.1 Å². The van der Waals surface area contributed by atoms with E-state index in [0.717, 1.165) is 5.56 Å². The Hall–Kier alpha value is -3.40. The Bertz CT molecular complexity index is 872. The summed E-state index contributed by atoms with van der Waals surface area (Å²) in [6.07, 6.45) is 2.51. The van der Waals surface area contributed by atoms with Crippen LogP contribution in [0.25, 0.3) is 0 Å². The zero-order valence-electron chi connectivity index (χ0n) is 21.7. The average Bonchev–Trinajstić information content (AvgIpc) is 2.83. The Labute approximate surface area is 212 Å². The van der Waals surface area contributed by atoms with Crippen LogP contribution in [-0.4, -0.2) is 60.3 Å². The third kappa shape index (κ3) is 11.8. The minimum atomic E-state index is -1.26. The Morgan fingerprint density at radius 2 is 1.61 bits per heavy atom. The molecule has 1 aromatic rings. The lowest BCUT2D eigenvalue weighted by molar-refractivity contribution is -0.137. The Balaban J connectivity index is 2.77. The number of aliphatic hydroxyl groups is 1. The van der Waals surface area contributed by atoms with Gasteiger partial charge in [0, 0.05) is 12.1 Å². The Kier molecular flexibility index (Phi) is 13.9. The maximum Gasteiger partial charge on any atom is 0.408 e. The molecule has 36 heavy (non-hydrogen) atoms. The zero-order chi connectivity index (χ0) is 27.1. The molecule has 0 radical (unpaired) electrons. The van der Waals surface area contributed by atoms with Crippen LogP contribution in [0.3, 0.4) is 0 Å². The number of hydrogen-bond donors (Lipinski definition) is 4. The van der Waals surface area contributed by atoms with E-state index in [-0.39, 0.29) is 25.0 Å². The molecule has 3 amide bonds. The quantitative estimate of drug-likeness (QED) is 0.224. The highest BCUT2D eigenvalue weighted by atomic mass is 16.5. The molecule has 0 spiro atoms. The zero-order valence-corrected chi connectivity index (χ0v) is 21.7. The molecule has 0 aliphatic rings. The highest BCUT2D eigenvalue weighted by Gasteiger charge is 2.29. The maximum absolute atomic E-state index is 12.9. The smallest absolute Gasteiger partial charge is 0.408 e. The fourth-order valence-electron chi connectivity index (χ4n) is 3.24. The van der Waals surface area contributed by atoms with Gasteiger partial charge in [0.25, 0.3) is 0 Å². The topological polar surface area (TPSA) is 143 Å². The number of ether oxygens (including phenoxy) is 2. The number of benzene rings is 1. The third-order valence-corrected chi connectivity index (χ3v) is 5.06. The Morgan fingerprint density at radius 1 is 0.944 bits per heavy atom. The average molecular weight is 506 g/mol. The number of amides is 3. The van der Waals surface area contributed by atoms with Crippen LogP contribution in [0.4, 0.5) is 4.79 Å². The number of carbonyl (C=O) groups is 4. The molecule has 0 aliphatic carbocycles. The molecule has 1 aromatic carbocycles. The molecule has 0 saturated carbocycles. The van der Waals surface area contributed by atoms with Crippen molar-refractivity contribution in [2.24, 2.45) is 11.8 Å². The summed E-state index contributed by atoms with van der Waals surface area (Å²) in [6.45, 7) is 8.68. The highest BCUT2D eigenvalue weighted by Crippen LogP contribution is 2.08. The van der Waals surface area contributed by atoms with Gasteiger partial charge in [-0.15, -0.1) is 0 Å². The van der Waals surface area contributed by atoms with E-state index < -0.39 is 48.6 Å². The second-order valence-electron chi connectivity index (χ2n) is 9.03. The Morgan fingerprint density at radius 3 is 2.17 bits per heavy atom. The lowest BCUT2D eigenvalue weighted by Crippen LogP contribution is -2.57. The number of alkyl carbamates (subject to hydrolysis) is 1. The predicted molar refractivity (Wildman–Crippen MR) is 135 cm³/mol. The van der Waals surface area contributed by atoms with Gasteiger partial charge in [0.2, 0.25) is 11.8 Å². The molecule has 10 heteroatoms. The summed E-state index contributed by atoms with van der Waals surface area (Å²) in [5.41, 5.74) is 0.795. The van der Waals surface area contributed by atoms with Crippen molar-refractivity contribution < 1.29 is 33.8 Å². The summed E-state index contributed by atoms with van der Waals surface area (Å²) in [5.74, 6) is -1.92. The van der Waals surface area contributed by atoms with Crippen molar-refractivity contribution in [3.8, 4) is 0 Å². The third-order valence-electron chi connectivity index (χ3n) is 5.06. The number of rotatable bonds is 14. The first kappa shape index (κ1) is 30.6. The molecule has 0 unspecified atom stereocenters. The summed E-state index contributed by atoms with van der Waals surface area (Å²) in [6, 6.07) is 6.32. The molecular formula is C26H39N3O7. The highest BCUT2D eigenvalue weighted by molar-refractivity contribution is 5.91. The first-order valence-electron chi connectivity index (χ1n) is 12.1. The molecule has 1 rings (SSSR count). The molecule has 0 bridgehead atoms. The molecule has 0 aliphatic heterocycles. The van der Waals surface area contributed by atoms with Gasteiger partial charge in [-0.25, -0.2) is 9.59 Å². The van der Waals surface area contributed by atoms with E-state index in [4.69, 9.17) is 9.47 Å². The van der Waals surface area contributed by atoms with Crippen molar-refractivity contribution in [2.45, 2.75) is 65.8 Å². The van der Waals surface area contributed by atoms with E-state index in [0.29, 0.717) is 6.42 Å². The lowest BCUT2D eigenvalue weighted by Gasteiger charge is -2.25. The normalized spacial score (nSPS) is 13.7. The van der Waals surface area contributed by atoms with Crippen LogP contribution in [0.1, 0.15) is 46.6 Å². The molecule has 0 fully saturated rings. The lowest BCUT2D eigenvalue weighted by atomic mass is 10.0. The van der Waals surface area contributed by atoms with Crippen molar-refractivity contribution >= 4 is 23.9 Å². The van der Waals surface area contributed by atoms with Crippen molar-refractivity contribution in [2.75, 3.05) is 13.2 Å².